The Balaban J connectivity index is 1.96. The first-order chi connectivity index (χ1) is 9.47. The second-order valence-electron chi connectivity index (χ2n) is 4.71. The Morgan fingerprint density at radius 1 is 1.45 bits per heavy atom. The molecule has 1 aromatic carbocycles. The average molecular weight is 279 g/mol. The Labute approximate surface area is 116 Å². The van der Waals surface area contributed by atoms with Gasteiger partial charge < -0.3 is 26.2 Å². The second-order valence-corrected chi connectivity index (χ2v) is 4.71. The van der Waals surface area contributed by atoms with Gasteiger partial charge >= 0.3 is 0 Å². The lowest BCUT2D eigenvalue weighted by Gasteiger charge is -2.21. The molecule has 1 heterocycles. The lowest BCUT2D eigenvalue weighted by Crippen LogP contribution is -2.45. The number of carbonyl (C=O) groups excluding carboxylic acids is 2. The first-order valence-corrected chi connectivity index (χ1v) is 6.22. The lowest BCUT2D eigenvalue weighted by molar-refractivity contribution is -0.139. The van der Waals surface area contributed by atoms with Crippen molar-refractivity contribution < 1.29 is 19.4 Å². The van der Waals surface area contributed by atoms with E-state index in [1.807, 2.05) is 0 Å². The Bertz CT molecular complexity index is 520. The minimum atomic E-state index is -0.776. The number of primary amides is 1. The summed E-state index contributed by atoms with van der Waals surface area (Å²) in [4.78, 5) is 24.5. The highest BCUT2D eigenvalue weighted by Gasteiger charge is 2.37. The van der Waals surface area contributed by atoms with Gasteiger partial charge in [-0.1, -0.05) is 6.07 Å². The molecular weight excluding hydrogens is 262 g/mol. The number of hydrogen-bond donors (Lipinski definition) is 3. The molecule has 0 spiro atoms. The molecule has 108 valence electrons. The van der Waals surface area contributed by atoms with Gasteiger partial charge in [0.1, 0.15) is 11.8 Å². The number of nitrogens with two attached hydrogens (primary N) is 2. The van der Waals surface area contributed by atoms with Crippen LogP contribution in [0, 0.1) is 0 Å². The van der Waals surface area contributed by atoms with Crippen molar-refractivity contribution in [2.75, 3.05) is 18.9 Å². The van der Waals surface area contributed by atoms with Crippen molar-refractivity contribution in [3.05, 3.63) is 24.3 Å². The highest BCUT2D eigenvalue weighted by molar-refractivity contribution is 5.88. The molecule has 1 aliphatic heterocycles. The van der Waals surface area contributed by atoms with Crippen LogP contribution in [-0.2, 0) is 9.59 Å². The maximum absolute atomic E-state index is 12.0. The van der Waals surface area contributed by atoms with Crippen LogP contribution in [0.15, 0.2) is 24.3 Å². The number of anilines is 1. The van der Waals surface area contributed by atoms with Gasteiger partial charge in [-0.25, -0.2) is 0 Å². The summed E-state index contributed by atoms with van der Waals surface area (Å²) in [5, 5.41) is 9.53. The number of nitrogens with zero attached hydrogens (tertiary/aromatic N) is 1. The first kappa shape index (κ1) is 14.1. The number of β-amino-alcohol motifs (C(OH)–C–C–N with tert-alkyl or cyclic N) is 1. The zero-order valence-electron chi connectivity index (χ0n) is 10.9. The molecule has 1 aliphatic rings. The smallest absolute Gasteiger partial charge is 0.261 e. The predicted octanol–water partition coefficient (Wildman–Crippen LogP) is -0.905. The summed E-state index contributed by atoms with van der Waals surface area (Å²) in [6, 6.07) is 5.91. The van der Waals surface area contributed by atoms with Gasteiger partial charge in [0.15, 0.2) is 6.61 Å². The fourth-order valence-corrected chi connectivity index (χ4v) is 2.19. The lowest BCUT2D eigenvalue weighted by atomic mass is 10.2. The van der Waals surface area contributed by atoms with Crippen molar-refractivity contribution in [2.45, 2.75) is 18.6 Å². The van der Waals surface area contributed by atoms with Crippen molar-refractivity contribution >= 4 is 17.5 Å². The molecule has 2 amide bonds. The van der Waals surface area contributed by atoms with Crippen LogP contribution in [0.4, 0.5) is 5.69 Å². The third-order valence-electron chi connectivity index (χ3n) is 3.15. The van der Waals surface area contributed by atoms with Crippen molar-refractivity contribution in [3.8, 4) is 5.75 Å². The van der Waals surface area contributed by atoms with Crippen LogP contribution in [0.25, 0.3) is 0 Å². The monoisotopic (exact) mass is 279 g/mol. The summed E-state index contributed by atoms with van der Waals surface area (Å²) >= 11 is 0. The van der Waals surface area contributed by atoms with Gasteiger partial charge in [0, 0.05) is 24.7 Å². The summed E-state index contributed by atoms with van der Waals surface area (Å²) in [6.45, 7) is -0.146. The van der Waals surface area contributed by atoms with Crippen LogP contribution in [0.1, 0.15) is 6.42 Å². The van der Waals surface area contributed by atoms with Gasteiger partial charge in [-0.15, -0.1) is 0 Å². The average Bonchev–Trinajstić information content (AvgIpc) is 2.78. The van der Waals surface area contributed by atoms with E-state index in [9.17, 15) is 14.7 Å². The number of benzene rings is 1. The Hall–Kier alpha value is -2.28. The molecule has 0 radical (unpaired) electrons. The van der Waals surface area contributed by atoms with Crippen molar-refractivity contribution in [2.24, 2.45) is 5.73 Å². The summed E-state index contributed by atoms with van der Waals surface area (Å²) < 4.78 is 5.32. The van der Waals surface area contributed by atoms with Gasteiger partial charge in [-0.3, -0.25) is 9.59 Å². The molecule has 2 unspecified atom stereocenters. The summed E-state index contributed by atoms with van der Waals surface area (Å²) in [5.41, 5.74) is 11.3. The van der Waals surface area contributed by atoms with E-state index >= 15 is 0 Å². The van der Waals surface area contributed by atoms with Gasteiger partial charge in [0.05, 0.1) is 6.10 Å². The number of carbonyl (C=O) groups is 2. The molecule has 7 heteroatoms. The molecule has 7 nitrogen and oxygen atoms in total. The summed E-state index contributed by atoms with van der Waals surface area (Å²) in [5.74, 6) is -0.555. The van der Waals surface area contributed by atoms with E-state index < -0.39 is 24.0 Å². The highest BCUT2D eigenvalue weighted by Crippen LogP contribution is 2.19. The Morgan fingerprint density at radius 3 is 2.85 bits per heavy atom. The molecule has 0 aromatic heterocycles. The number of aliphatic hydroxyl groups is 1. The van der Waals surface area contributed by atoms with Crippen LogP contribution in [0.2, 0.25) is 0 Å². The normalized spacial score (nSPS) is 21.8. The number of rotatable bonds is 4. The quantitative estimate of drug-likeness (QED) is 0.617. The minimum absolute atomic E-state index is 0.0900. The summed E-state index contributed by atoms with van der Waals surface area (Å²) in [6.07, 6.45) is -0.567. The topological polar surface area (TPSA) is 119 Å². The van der Waals surface area contributed by atoms with Gasteiger partial charge in [-0.05, 0) is 12.1 Å². The molecule has 0 saturated carbocycles. The summed E-state index contributed by atoms with van der Waals surface area (Å²) in [7, 11) is 0. The number of hydrogen-bond acceptors (Lipinski definition) is 5. The first-order valence-electron chi connectivity index (χ1n) is 6.22. The van der Waals surface area contributed by atoms with Crippen LogP contribution < -0.4 is 16.2 Å². The van der Waals surface area contributed by atoms with Gasteiger partial charge in [0.2, 0.25) is 5.91 Å². The Kier molecular flexibility index (Phi) is 4.09. The fourth-order valence-electron chi connectivity index (χ4n) is 2.19. The molecule has 1 saturated heterocycles. The fraction of sp³-hybridized carbons (Fsp3) is 0.385. The largest absolute Gasteiger partial charge is 0.484 e. The third-order valence-corrected chi connectivity index (χ3v) is 3.15. The zero-order chi connectivity index (χ0) is 14.7. The van der Waals surface area contributed by atoms with E-state index in [-0.39, 0.29) is 19.6 Å². The van der Waals surface area contributed by atoms with Crippen LogP contribution in [0.3, 0.4) is 0 Å². The van der Waals surface area contributed by atoms with Crippen LogP contribution in [-0.4, -0.2) is 47.1 Å². The van der Waals surface area contributed by atoms with E-state index in [2.05, 4.69) is 0 Å². The van der Waals surface area contributed by atoms with E-state index in [0.717, 1.165) is 0 Å². The highest BCUT2D eigenvalue weighted by atomic mass is 16.5. The van der Waals surface area contributed by atoms with E-state index in [4.69, 9.17) is 16.2 Å². The van der Waals surface area contributed by atoms with Crippen LogP contribution >= 0.6 is 0 Å². The van der Waals surface area contributed by atoms with E-state index in [0.29, 0.717) is 11.4 Å². The molecule has 1 aromatic rings. The number of likely N-dealkylation sites (tertiary alicyclic amines) is 1. The number of aliphatic hydroxyl groups excluding tert-OH is 1. The van der Waals surface area contributed by atoms with Gasteiger partial charge in [0.25, 0.3) is 5.91 Å². The molecule has 2 rings (SSSR count). The van der Waals surface area contributed by atoms with Gasteiger partial charge in [-0.2, -0.15) is 0 Å². The van der Waals surface area contributed by atoms with Crippen molar-refractivity contribution in [3.63, 3.8) is 0 Å². The molecule has 0 bridgehead atoms. The molecule has 5 N–H and O–H groups in total. The van der Waals surface area contributed by atoms with Crippen molar-refractivity contribution in [1.29, 1.82) is 0 Å². The third kappa shape index (κ3) is 3.18. The number of ether oxygens (including phenoxy) is 1. The molecule has 20 heavy (non-hydrogen) atoms. The molecule has 0 aliphatic carbocycles. The second kappa shape index (κ2) is 5.79. The predicted molar refractivity (Wildman–Crippen MR) is 71.7 cm³/mol. The van der Waals surface area contributed by atoms with E-state index in [1.54, 1.807) is 24.3 Å². The maximum atomic E-state index is 12.0. The van der Waals surface area contributed by atoms with E-state index in [1.165, 1.54) is 4.90 Å². The standard InChI is InChI=1S/C13H17N3O4/c14-8-2-1-3-10(4-8)20-7-12(18)16-6-9(17)5-11(16)13(15)19/h1-4,9,11,17H,5-7,14H2,(H2,15,19). The molecular formula is C13H17N3O4. The Morgan fingerprint density at radius 2 is 2.20 bits per heavy atom. The zero-order valence-corrected chi connectivity index (χ0v) is 10.9. The van der Waals surface area contributed by atoms with Crippen LogP contribution in [0.5, 0.6) is 5.75 Å². The SMILES string of the molecule is NC(=O)C1CC(O)CN1C(=O)COc1cccc(N)c1. The maximum Gasteiger partial charge on any atom is 0.261 e. The minimum Gasteiger partial charge on any atom is -0.484 e. The van der Waals surface area contributed by atoms with Crippen molar-refractivity contribution in [1.82, 2.24) is 4.90 Å². The molecule has 2 atom stereocenters. The number of amides is 2. The molecule has 1 fully saturated rings. The number of nitrogen functional groups attached to an aromatic ring is 1.